The van der Waals surface area contributed by atoms with Crippen LogP contribution in [0.3, 0.4) is 0 Å². The Balaban J connectivity index is 2.27. The molecule has 0 bridgehead atoms. The molecule has 0 amide bonds. The Labute approximate surface area is 113 Å². The van der Waals surface area contributed by atoms with Crippen LogP contribution in [0.2, 0.25) is 0 Å². The predicted molar refractivity (Wildman–Crippen MR) is 80.8 cm³/mol. The SMILES string of the molecule is CSCCCCCNc1cccc(C(N)=S)n1. The van der Waals surface area contributed by atoms with Crippen LogP contribution in [0.25, 0.3) is 0 Å². The third-order valence-corrected chi connectivity index (χ3v) is 3.24. The summed E-state index contributed by atoms with van der Waals surface area (Å²) in [4.78, 5) is 4.67. The molecule has 1 aromatic rings. The summed E-state index contributed by atoms with van der Waals surface area (Å²) in [6.07, 6.45) is 5.84. The van der Waals surface area contributed by atoms with Gasteiger partial charge in [-0.3, -0.25) is 0 Å². The second kappa shape index (κ2) is 8.31. The molecule has 0 aliphatic heterocycles. The van der Waals surface area contributed by atoms with Gasteiger partial charge in [0.1, 0.15) is 10.8 Å². The first-order valence-electron chi connectivity index (χ1n) is 5.73. The molecule has 0 aromatic carbocycles. The Morgan fingerprint density at radius 2 is 2.24 bits per heavy atom. The van der Waals surface area contributed by atoms with E-state index in [2.05, 4.69) is 16.6 Å². The van der Waals surface area contributed by atoms with Crippen molar-refractivity contribution in [1.29, 1.82) is 0 Å². The first kappa shape index (κ1) is 14.3. The number of aromatic nitrogens is 1. The summed E-state index contributed by atoms with van der Waals surface area (Å²) < 4.78 is 0. The molecule has 94 valence electrons. The van der Waals surface area contributed by atoms with Gasteiger partial charge in [-0.15, -0.1) is 0 Å². The van der Waals surface area contributed by atoms with Crippen molar-refractivity contribution in [3.05, 3.63) is 23.9 Å². The summed E-state index contributed by atoms with van der Waals surface area (Å²) in [6, 6.07) is 5.67. The zero-order chi connectivity index (χ0) is 12.5. The zero-order valence-electron chi connectivity index (χ0n) is 10.1. The van der Waals surface area contributed by atoms with E-state index in [1.54, 1.807) is 0 Å². The number of hydrogen-bond acceptors (Lipinski definition) is 4. The fourth-order valence-corrected chi connectivity index (χ4v) is 2.04. The predicted octanol–water partition coefficient (Wildman–Crippen LogP) is 2.66. The van der Waals surface area contributed by atoms with Gasteiger partial charge in [-0.1, -0.05) is 24.7 Å². The zero-order valence-corrected chi connectivity index (χ0v) is 11.7. The molecule has 0 saturated carbocycles. The number of pyridine rings is 1. The highest BCUT2D eigenvalue weighted by Crippen LogP contribution is 2.06. The standard InChI is InChI=1S/C12H19N3S2/c1-17-9-4-2-3-8-14-11-7-5-6-10(15-11)12(13)16/h5-7H,2-4,8-9H2,1H3,(H2,13,16)(H,14,15). The van der Waals surface area contributed by atoms with Gasteiger partial charge in [0.15, 0.2) is 0 Å². The number of unbranched alkanes of at least 4 members (excludes halogenated alkanes) is 2. The highest BCUT2D eigenvalue weighted by atomic mass is 32.2. The van der Waals surface area contributed by atoms with Gasteiger partial charge >= 0.3 is 0 Å². The molecule has 0 spiro atoms. The number of nitrogens with zero attached hydrogens (tertiary/aromatic N) is 1. The Kier molecular flexibility index (Phi) is 6.96. The average molecular weight is 269 g/mol. The van der Waals surface area contributed by atoms with Crippen molar-refractivity contribution in [2.75, 3.05) is 23.9 Å². The van der Waals surface area contributed by atoms with Crippen LogP contribution in [0.4, 0.5) is 5.82 Å². The van der Waals surface area contributed by atoms with E-state index in [0.29, 0.717) is 10.7 Å². The molecule has 1 rings (SSSR count). The molecule has 3 nitrogen and oxygen atoms in total. The van der Waals surface area contributed by atoms with Gasteiger partial charge in [0.2, 0.25) is 0 Å². The van der Waals surface area contributed by atoms with Crippen LogP contribution in [0.15, 0.2) is 18.2 Å². The Morgan fingerprint density at radius 1 is 1.41 bits per heavy atom. The van der Waals surface area contributed by atoms with Crippen LogP contribution in [0.1, 0.15) is 25.0 Å². The van der Waals surface area contributed by atoms with Crippen LogP contribution in [-0.4, -0.2) is 28.5 Å². The number of anilines is 1. The van der Waals surface area contributed by atoms with E-state index < -0.39 is 0 Å². The van der Waals surface area contributed by atoms with Crippen molar-refractivity contribution in [3.63, 3.8) is 0 Å². The van der Waals surface area contributed by atoms with Crippen molar-refractivity contribution in [2.24, 2.45) is 5.73 Å². The van der Waals surface area contributed by atoms with E-state index in [1.165, 1.54) is 25.0 Å². The molecule has 5 heteroatoms. The molecule has 0 radical (unpaired) electrons. The smallest absolute Gasteiger partial charge is 0.126 e. The topological polar surface area (TPSA) is 50.9 Å². The summed E-state index contributed by atoms with van der Waals surface area (Å²) in [5.41, 5.74) is 6.20. The lowest BCUT2D eigenvalue weighted by Crippen LogP contribution is -2.13. The number of nitrogens with two attached hydrogens (primary N) is 1. The maximum atomic E-state index is 5.53. The summed E-state index contributed by atoms with van der Waals surface area (Å²) in [5.74, 6) is 2.09. The van der Waals surface area contributed by atoms with Crippen LogP contribution in [0.5, 0.6) is 0 Å². The first-order chi connectivity index (χ1) is 8.24. The van der Waals surface area contributed by atoms with Gasteiger partial charge in [0, 0.05) is 6.54 Å². The third kappa shape index (κ3) is 5.89. The Morgan fingerprint density at radius 3 is 2.94 bits per heavy atom. The number of nitrogens with one attached hydrogen (secondary N) is 1. The number of thiocarbonyl (C=S) groups is 1. The highest BCUT2D eigenvalue weighted by Gasteiger charge is 1.99. The lowest BCUT2D eigenvalue weighted by molar-refractivity contribution is 0.748. The molecule has 0 aliphatic rings. The molecule has 0 atom stereocenters. The molecular formula is C12H19N3S2. The van der Waals surface area contributed by atoms with Crippen molar-refractivity contribution < 1.29 is 0 Å². The van der Waals surface area contributed by atoms with Gasteiger partial charge in [-0.05, 0) is 37.0 Å². The molecule has 0 fully saturated rings. The monoisotopic (exact) mass is 269 g/mol. The van der Waals surface area contributed by atoms with Crippen molar-refractivity contribution in [2.45, 2.75) is 19.3 Å². The van der Waals surface area contributed by atoms with Gasteiger partial charge in [-0.25, -0.2) is 4.98 Å². The van der Waals surface area contributed by atoms with Gasteiger partial charge < -0.3 is 11.1 Å². The van der Waals surface area contributed by atoms with E-state index >= 15 is 0 Å². The van der Waals surface area contributed by atoms with E-state index in [4.69, 9.17) is 18.0 Å². The molecule has 3 N–H and O–H groups in total. The van der Waals surface area contributed by atoms with Gasteiger partial charge in [-0.2, -0.15) is 11.8 Å². The minimum absolute atomic E-state index is 0.341. The van der Waals surface area contributed by atoms with E-state index in [-0.39, 0.29) is 0 Å². The second-order valence-corrected chi connectivity index (χ2v) is 5.18. The minimum Gasteiger partial charge on any atom is -0.388 e. The lowest BCUT2D eigenvalue weighted by atomic mass is 10.2. The maximum absolute atomic E-state index is 5.53. The number of rotatable bonds is 8. The quantitative estimate of drug-likeness (QED) is 0.561. The molecule has 0 saturated heterocycles. The van der Waals surface area contributed by atoms with Crippen LogP contribution >= 0.6 is 24.0 Å². The Hall–Kier alpha value is -0.810. The summed E-state index contributed by atoms with van der Waals surface area (Å²) in [6.45, 7) is 0.947. The molecule has 1 aromatic heterocycles. The van der Waals surface area contributed by atoms with Gasteiger partial charge in [0.25, 0.3) is 0 Å². The fraction of sp³-hybridized carbons (Fsp3) is 0.500. The van der Waals surface area contributed by atoms with Crippen molar-refractivity contribution in [1.82, 2.24) is 4.98 Å². The first-order valence-corrected chi connectivity index (χ1v) is 7.54. The molecule has 0 unspecified atom stereocenters. The molecule has 0 aliphatic carbocycles. The van der Waals surface area contributed by atoms with E-state index in [9.17, 15) is 0 Å². The van der Waals surface area contributed by atoms with Crippen LogP contribution < -0.4 is 11.1 Å². The van der Waals surface area contributed by atoms with Gasteiger partial charge in [0.05, 0.1) is 5.69 Å². The van der Waals surface area contributed by atoms with Crippen molar-refractivity contribution in [3.8, 4) is 0 Å². The second-order valence-electron chi connectivity index (χ2n) is 3.75. The van der Waals surface area contributed by atoms with E-state index in [1.807, 2.05) is 30.0 Å². The number of hydrogen-bond donors (Lipinski definition) is 2. The molecule has 1 heterocycles. The number of thioether (sulfide) groups is 1. The van der Waals surface area contributed by atoms with Crippen LogP contribution in [0, 0.1) is 0 Å². The van der Waals surface area contributed by atoms with E-state index in [0.717, 1.165) is 12.4 Å². The minimum atomic E-state index is 0.341. The molecule has 17 heavy (non-hydrogen) atoms. The third-order valence-electron chi connectivity index (χ3n) is 2.33. The average Bonchev–Trinajstić information content (AvgIpc) is 2.34. The Bertz CT molecular complexity index is 355. The summed E-state index contributed by atoms with van der Waals surface area (Å²) >= 11 is 6.79. The highest BCUT2D eigenvalue weighted by molar-refractivity contribution is 7.98. The van der Waals surface area contributed by atoms with Crippen LogP contribution in [-0.2, 0) is 0 Å². The summed E-state index contributed by atoms with van der Waals surface area (Å²) in [5, 5.41) is 3.28. The fourth-order valence-electron chi connectivity index (χ4n) is 1.44. The lowest BCUT2D eigenvalue weighted by Gasteiger charge is -2.06. The van der Waals surface area contributed by atoms with Crippen molar-refractivity contribution >= 4 is 34.8 Å². The maximum Gasteiger partial charge on any atom is 0.126 e. The largest absolute Gasteiger partial charge is 0.388 e. The summed E-state index contributed by atoms with van der Waals surface area (Å²) in [7, 11) is 0. The molecular weight excluding hydrogens is 250 g/mol. The normalized spacial score (nSPS) is 10.2.